The van der Waals surface area contributed by atoms with Crippen molar-refractivity contribution >= 4 is 17.3 Å². The Hall–Kier alpha value is -2.40. The number of esters is 1. The topological polar surface area (TPSA) is 55.0 Å². The Morgan fingerprint density at radius 2 is 2.20 bits per heavy atom. The molecule has 1 aromatic carbocycles. The first kappa shape index (κ1) is 12.6. The van der Waals surface area contributed by atoms with Gasteiger partial charge in [0.15, 0.2) is 0 Å². The van der Waals surface area contributed by atoms with Crippen LogP contribution in [0.3, 0.4) is 0 Å². The van der Waals surface area contributed by atoms with Crippen LogP contribution in [0, 0.1) is 0 Å². The first-order valence-corrected chi connectivity index (χ1v) is 6.93. The van der Waals surface area contributed by atoms with Gasteiger partial charge in [0.2, 0.25) is 0 Å². The van der Waals surface area contributed by atoms with E-state index in [1.165, 1.54) is 7.11 Å². The van der Waals surface area contributed by atoms with Gasteiger partial charge >= 0.3 is 5.97 Å². The number of carbonyl (C=O) groups excluding carboxylic acids is 1. The third-order valence-corrected chi connectivity index (χ3v) is 3.85. The summed E-state index contributed by atoms with van der Waals surface area (Å²) in [4.78, 5) is 20.2. The van der Waals surface area contributed by atoms with Gasteiger partial charge in [-0.2, -0.15) is 0 Å². The molecular formula is C15H12N2O2S. The van der Waals surface area contributed by atoms with Crippen LogP contribution in [0.5, 0.6) is 0 Å². The first-order chi connectivity index (χ1) is 9.79. The Balaban J connectivity index is 2.06. The van der Waals surface area contributed by atoms with Gasteiger partial charge in [0.05, 0.1) is 35.3 Å². The van der Waals surface area contributed by atoms with Gasteiger partial charge in [-0.15, -0.1) is 11.3 Å². The van der Waals surface area contributed by atoms with Crippen LogP contribution in [-0.2, 0) is 4.74 Å². The van der Waals surface area contributed by atoms with Crippen LogP contribution >= 0.6 is 11.3 Å². The van der Waals surface area contributed by atoms with Crippen molar-refractivity contribution in [1.82, 2.24) is 9.97 Å². The standard InChI is InChI=1S/C15H12N2O2S/c1-19-15(18)11-5-2-4-10(8-11)13-14(17-9-16-13)12-6-3-7-20-12/h2-9H,1H3,(H,16,17). The van der Waals surface area contributed by atoms with E-state index in [9.17, 15) is 4.79 Å². The molecule has 100 valence electrons. The molecule has 0 saturated carbocycles. The molecule has 0 spiro atoms. The Morgan fingerprint density at radius 1 is 1.30 bits per heavy atom. The van der Waals surface area contributed by atoms with E-state index in [0.29, 0.717) is 5.56 Å². The van der Waals surface area contributed by atoms with Crippen molar-refractivity contribution in [3.63, 3.8) is 0 Å². The maximum absolute atomic E-state index is 11.6. The SMILES string of the molecule is COC(=O)c1cccc(-c2nc[nH]c2-c2cccs2)c1. The molecule has 3 rings (SSSR count). The minimum atomic E-state index is -0.347. The summed E-state index contributed by atoms with van der Waals surface area (Å²) in [5.74, 6) is -0.347. The number of aromatic amines is 1. The fourth-order valence-electron chi connectivity index (χ4n) is 2.03. The van der Waals surface area contributed by atoms with E-state index >= 15 is 0 Å². The van der Waals surface area contributed by atoms with E-state index < -0.39 is 0 Å². The Kier molecular flexibility index (Phi) is 3.35. The number of nitrogens with zero attached hydrogens (tertiary/aromatic N) is 1. The number of methoxy groups -OCH3 is 1. The predicted molar refractivity (Wildman–Crippen MR) is 78.7 cm³/mol. The highest BCUT2D eigenvalue weighted by Gasteiger charge is 2.13. The number of carbonyl (C=O) groups is 1. The van der Waals surface area contributed by atoms with Crippen LogP contribution < -0.4 is 0 Å². The maximum Gasteiger partial charge on any atom is 0.337 e. The number of H-pyrrole nitrogens is 1. The second kappa shape index (κ2) is 5.30. The van der Waals surface area contributed by atoms with Gasteiger partial charge in [0, 0.05) is 5.56 Å². The van der Waals surface area contributed by atoms with E-state index in [4.69, 9.17) is 4.74 Å². The summed E-state index contributed by atoms with van der Waals surface area (Å²) >= 11 is 1.64. The normalized spacial score (nSPS) is 10.4. The lowest BCUT2D eigenvalue weighted by atomic mass is 10.1. The van der Waals surface area contributed by atoms with Crippen LogP contribution in [0.2, 0.25) is 0 Å². The number of hydrogen-bond donors (Lipinski definition) is 1. The lowest BCUT2D eigenvalue weighted by Gasteiger charge is -2.04. The minimum Gasteiger partial charge on any atom is -0.465 e. The summed E-state index contributed by atoms with van der Waals surface area (Å²) in [5, 5.41) is 2.02. The minimum absolute atomic E-state index is 0.347. The molecule has 0 radical (unpaired) electrons. The van der Waals surface area contributed by atoms with Gasteiger partial charge in [-0.25, -0.2) is 9.78 Å². The lowest BCUT2D eigenvalue weighted by Crippen LogP contribution is -2.00. The number of thiophene rings is 1. The highest BCUT2D eigenvalue weighted by molar-refractivity contribution is 7.13. The molecule has 0 amide bonds. The Morgan fingerprint density at radius 3 is 2.95 bits per heavy atom. The van der Waals surface area contributed by atoms with Crippen molar-refractivity contribution in [3.8, 4) is 21.8 Å². The molecule has 0 fully saturated rings. The van der Waals surface area contributed by atoms with E-state index in [1.807, 2.05) is 29.6 Å². The molecular weight excluding hydrogens is 272 g/mol. The highest BCUT2D eigenvalue weighted by atomic mass is 32.1. The first-order valence-electron chi connectivity index (χ1n) is 6.05. The van der Waals surface area contributed by atoms with Crippen LogP contribution in [0.1, 0.15) is 10.4 Å². The van der Waals surface area contributed by atoms with Gasteiger partial charge < -0.3 is 9.72 Å². The monoisotopic (exact) mass is 284 g/mol. The molecule has 4 nitrogen and oxygen atoms in total. The molecule has 0 atom stereocenters. The van der Waals surface area contributed by atoms with Crippen molar-refractivity contribution in [2.75, 3.05) is 7.11 Å². The van der Waals surface area contributed by atoms with Gasteiger partial charge in [0.1, 0.15) is 0 Å². The van der Waals surface area contributed by atoms with Crippen molar-refractivity contribution in [3.05, 3.63) is 53.7 Å². The second-order valence-corrected chi connectivity index (χ2v) is 5.12. The third kappa shape index (κ3) is 2.23. The number of rotatable bonds is 3. The molecule has 0 unspecified atom stereocenters. The van der Waals surface area contributed by atoms with Crippen molar-refractivity contribution in [2.45, 2.75) is 0 Å². The fraction of sp³-hybridized carbons (Fsp3) is 0.0667. The summed E-state index contributed by atoms with van der Waals surface area (Å²) < 4.78 is 4.75. The number of nitrogens with one attached hydrogen (secondary N) is 1. The lowest BCUT2D eigenvalue weighted by molar-refractivity contribution is 0.0601. The molecule has 0 saturated heterocycles. The van der Waals surface area contributed by atoms with Crippen molar-refractivity contribution < 1.29 is 9.53 Å². The van der Waals surface area contributed by atoms with E-state index in [0.717, 1.165) is 21.8 Å². The fourth-order valence-corrected chi connectivity index (χ4v) is 2.77. The summed E-state index contributed by atoms with van der Waals surface area (Å²) in [6.45, 7) is 0. The summed E-state index contributed by atoms with van der Waals surface area (Å²) in [6, 6.07) is 11.3. The molecule has 2 aromatic heterocycles. The summed E-state index contributed by atoms with van der Waals surface area (Å²) in [5.41, 5.74) is 3.20. The summed E-state index contributed by atoms with van der Waals surface area (Å²) in [6.07, 6.45) is 1.66. The molecule has 0 bridgehead atoms. The number of benzene rings is 1. The molecule has 5 heteroatoms. The largest absolute Gasteiger partial charge is 0.465 e. The molecule has 0 aliphatic carbocycles. The van der Waals surface area contributed by atoms with Gasteiger partial charge in [-0.05, 0) is 23.6 Å². The molecule has 3 aromatic rings. The molecule has 0 aliphatic heterocycles. The zero-order valence-electron chi connectivity index (χ0n) is 10.8. The van der Waals surface area contributed by atoms with Gasteiger partial charge in [0.25, 0.3) is 0 Å². The molecule has 20 heavy (non-hydrogen) atoms. The highest BCUT2D eigenvalue weighted by Crippen LogP contribution is 2.32. The zero-order valence-corrected chi connectivity index (χ0v) is 11.6. The smallest absolute Gasteiger partial charge is 0.337 e. The van der Waals surface area contributed by atoms with Crippen LogP contribution in [-0.4, -0.2) is 23.0 Å². The Labute approximate surface area is 120 Å². The molecule has 2 heterocycles. The predicted octanol–water partition coefficient (Wildman–Crippen LogP) is 3.59. The number of aromatic nitrogens is 2. The number of ether oxygens (including phenoxy) is 1. The van der Waals surface area contributed by atoms with Gasteiger partial charge in [-0.1, -0.05) is 18.2 Å². The summed E-state index contributed by atoms with van der Waals surface area (Å²) in [7, 11) is 1.38. The van der Waals surface area contributed by atoms with Crippen LogP contribution in [0.4, 0.5) is 0 Å². The zero-order chi connectivity index (χ0) is 13.9. The van der Waals surface area contributed by atoms with Crippen LogP contribution in [0.15, 0.2) is 48.1 Å². The maximum atomic E-state index is 11.6. The second-order valence-electron chi connectivity index (χ2n) is 4.18. The van der Waals surface area contributed by atoms with Gasteiger partial charge in [-0.3, -0.25) is 0 Å². The van der Waals surface area contributed by atoms with Crippen LogP contribution in [0.25, 0.3) is 21.8 Å². The third-order valence-electron chi connectivity index (χ3n) is 2.96. The molecule has 0 aliphatic rings. The van der Waals surface area contributed by atoms with E-state index in [-0.39, 0.29) is 5.97 Å². The average Bonchev–Trinajstić information content (AvgIpc) is 3.16. The quantitative estimate of drug-likeness (QED) is 0.748. The Bertz CT molecular complexity index is 732. The van der Waals surface area contributed by atoms with Crippen molar-refractivity contribution in [2.24, 2.45) is 0 Å². The van der Waals surface area contributed by atoms with E-state index in [2.05, 4.69) is 9.97 Å². The number of imidazole rings is 1. The average molecular weight is 284 g/mol. The number of hydrogen-bond acceptors (Lipinski definition) is 4. The molecule has 1 N–H and O–H groups in total. The van der Waals surface area contributed by atoms with E-state index in [1.54, 1.807) is 29.8 Å². The van der Waals surface area contributed by atoms with Crippen molar-refractivity contribution in [1.29, 1.82) is 0 Å².